The molecule has 2 atom stereocenters. The zero-order valence-corrected chi connectivity index (χ0v) is 13.0. The minimum Gasteiger partial charge on any atom is -0.338 e. The Morgan fingerprint density at radius 3 is 2.64 bits per heavy atom. The number of piperidine rings is 1. The van der Waals surface area contributed by atoms with Crippen LogP contribution >= 0.6 is 0 Å². The van der Waals surface area contributed by atoms with Gasteiger partial charge in [-0.05, 0) is 43.7 Å². The van der Waals surface area contributed by atoms with Gasteiger partial charge in [-0.2, -0.15) is 0 Å². The van der Waals surface area contributed by atoms with E-state index in [9.17, 15) is 14.9 Å². The van der Waals surface area contributed by atoms with Crippen LogP contribution in [0.5, 0.6) is 0 Å². The van der Waals surface area contributed by atoms with Crippen molar-refractivity contribution >= 4 is 11.6 Å². The first kappa shape index (κ1) is 15.0. The fourth-order valence-corrected chi connectivity index (χ4v) is 3.96. The van der Waals surface area contributed by atoms with Crippen molar-refractivity contribution in [1.82, 2.24) is 4.90 Å². The van der Waals surface area contributed by atoms with Crippen LogP contribution < -0.4 is 0 Å². The molecule has 1 heterocycles. The van der Waals surface area contributed by atoms with Crippen LogP contribution in [0.25, 0.3) is 0 Å². The number of nitro benzene ring substituents is 1. The SMILES string of the molecule is Cc1cc(C(=O)N2CC[C@H]3CCCC[C@H]3C2)ccc1[N+](=O)[O-]. The average molecular weight is 302 g/mol. The molecule has 0 bridgehead atoms. The predicted molar refractivity (Wildman–Crippen MR) is 83.8 cm³/mol. The topological polar surface area (TPSA) is 63.5 Å². The zero-order chi connectivity index (χ0) is 15.7. The standard InChI is InChI=1S/C17H22N2O3/c1-12-10-14(6-7-16(12)19(21)22)17(20)18-9-8-13-4-2-3-5-15(13)11-18/h6-7,10,13,15H,2-5,8-9,11H2,1H3/t13-,15+/m1/s1. The van der Waals surface area contributed by atoms with Gasteiger partial charge < -0.3 is 4.90 Å². The van der Waals surface area contributed by atoms with Crippen LogP contribution in [-0.4, -0.2) is 28.8 Å². The van der Waals surface area contributed by atoms with Crippen LogP contribution in [-0.2, 0) is 0 Å². The molecule has 3 rings (SSSR count). The van der Waals surface area contributed by atoms with Gasteiger partial charge in [0.15, 0.2) is 0 Å². The maximum absolute atomic E-state index is 12.7. The van der Waals surface area contributed by atoms with Gasteiger partial charge in [0, 0.05) is 30.3 Å². The van der Waals surface area contributed by atoms with Crippen molar-refractivity contribution in [3.05, 3.63) is 39.4 Å². The number of amides is 1. The maximum atomic E-state index is 12.7. The number of nitro groups is 1. The van der Waals surface area contributed by atoms with Gasteiger partial charge in [0.05, 0.1) is 4.92 Å². The number of carbonyl (C=O) groups excluding carboxylic acids is 1. The highest BCUT2D eigenvalue weighted by Gasteiger charge is 2.33. The summed E-state index contributed by atoms with van der Waals surface area (Å²) in [5.41, 5.74) is 1.18. The van der Waals surface area contributed by atoms with E-state index in [0.717, 1.165) is 25.4 Å². The Morgan fingerprint density at radius 1 is 1.23 bits per heavy atom. The Kier molecular flexibility index (Phi) is 4.14. The summed E-state index contributed by atoms with van der Waals surface area (Å²) in [6.45, 7) is 3.35. The number of hydrogen-bond donors (Lipinski definition) is 0. The third kappa shape index (κ3) is 2.85. The van der Waals surface area contributed by atoms with Gasteiger partial charge >= 0.3 is 0 Å². The van der Waals surface area contributed by atoms with E-state index in [1.807, 2.05) is 4.90 Å². The molecule has 5 heteroatoms. The Morgan fingerprint density at radius 2 is 1.95 bits per heavy atom. The van der Waals surface area contributed by atoms with Crippen LogP contribution in [0.2, 0.25) is 0 Å². The molecule has 118 valence electrons. The lowest BCUT2D eigenvalue weighted by atomic mass is 9.75. The maximum Gasteiger partial charge on any atom is 0.272 e. The quantitative estimate of drug-likeness (QED) is 0.620. The number of nitrogens with zero attached hydrogens (tertiary/aromatic N) is 2. The summed E-state index contributed by atoms with van der Waals surface area (Å²) in [6, 6.07) is 4.67. The van der Waals surface area contributed by atoms with E-state index >= 15 is 0 Å². The molecular weight excluding hydrogens is 280 g/mol. The predicted octanol–water partition coefficient (Wildman–Crippen LogP) is 3.56. The van der Waals surface area contributed by atoms with E-state index in [0.29, 0.717) is 17.0 Å². The lowest BCUT2D eigenvalue weighted by Crippen LogP contribution is -2.44. The lowest BCUT2D eigenvalue weighted by molar-refractivity contribution is -0.385. The third-order valence-corrected chi connectivity index (χ3v) is 5.22. The minimum atomic E-state index is -0.406. The van der Waals surface area contributed by atoms with Crippen LogP contribution in [0.15, 0.2) is 18.2 Å². The summed E-state index contributed by atoms with van der Waals surface area (Å²) in [4.78, 5) is 25.1. The number of aryl methyl sites for hydroxylation is 1. The number of fused-ring (bicyclic) bond motifs is 1. The Labute approximate surface area is 130 Å². The molecule has 0 radical (unpaired) electrons. The molecule has 2 fully saturated rings. The molecule has 0 spiro atoms. The van der Waals surface area contributed by atoms with E-state index in [1.165, 1.54) is 31.7 Å². The fourth-order valence-electron chi connectivity index (χ4n) is 3.96. The van der Waals surface area contributed by atoms with Crippen LogP contribution in [0.4, 0.5) is 5.69 Å². The van der Waals surface area contributed by atoms with Gasteiger partial charge in [-0.25, -0.2) is 0 Å². The first-order chi connectivity index (χ1) is 10.6. The van der Waals surface area contributed by atoms with Crippen LogP contribution in [0.3, 0.4) is 0 Å². The van der Waals surface area contributed by atoms with Crippen molar-refractivity contribution in [3.63, 3.8) is 0 Å². The molecule has 1 saturated heterocycles. The summed E-state index contributed by atoms with van der Waals surface area (Å²) in [5.74, 6) is 1.45. The number of carbonyl (C=O) groups is 1. The molecule has 2 aliphatic rings. The number of hydrogen-bond acceptors (Lipinski definition) is 3. The molecule has 0 N–H and O–H groups in total. The highest BCUT2D eigenvalue weighted by Crippen LogP contribution is 2.36. The second-order valence-electron chi connectivity index (χ2n) is 6.60. The molecule has 1 aromatic carbocycles. The van der Waals surface area contributed by atoms with Crippen LogP contribution in [0, 0.1) is 28.9 Å². The lowest BCUT2D eigenvalue weighted by Gasteiger charge is -2.41. The molecule has 1 aliphatic heterocycles. The average Bonchev–Trinajstić information content (AvgIpc) is 2.53. The number of benzene rings is 1. The van der Waals surface area contributed by atoms with Gasteiger partial charge in [0.1, 0.15) is 0 Å². The van der Waals surface area contributed by atoms with Crippen molar-refractivity contribution < 1.29 is 9.72 Å². The molecule has 1 aliphatic carbocycles. The highest BCUT2D eigenvalue weighted by molar-refractivity contribution is 5.94. The Balaban J connectivity index is 1.74. The van der Waals surface area contributed by atoms with Gasteiger partial charge in [0.25, 0.3) is 11.6 Å². The van der Waals surface area contributed by atoms with Crippen molar-refractivity contribution in [2.75, 3.05) is 13.1 Å². The van der Waals surface area contributed by atoms with Gasteiger partial charge in [-0.15, -0.1) is 0 Å². The molecule has 0 unspecified atom stereocenters. The zero-order valence-electron chi connectivity index (χ0n) is 13.0. The minimum absolute atomic E-state index is 0.0158. The summed E-state index contributed by atoms with van der Waals surface area (Å²) in [5, 5.41) is 10.9. The van der Waals surface area contributed by atoms with Gasteiger partial charge in [-0.1, -0.05) is 19.3 Å². The van der Waals surface area contributed by atoms with Gasteiger partial charge in [-0.3, -0.25) is 14.9 Å². The smallest absolute Gasteiger partial charge is 0.272 e. The van der Waals surface area contributed by atoms with E-state index in [1.54, 1.807) is 19.1 Å². The third-order valence-electron chi connectivity index (χ3n) is 5.22. The Bertz CT molecular complexity index is 600. The van der Waals surface area contributed by atoms with E-state index in [2.05, 4.69) is 0 Å². The molecule has 1 saturated carbocycles. The molecular formula is C17H22N2O3. The van der Waals surface area contributed by atoms with Gasteiger partial charge in [0.2, 0.25) is 0 Å². The molecule has 5 nitrogen and oxygen atoms in total. The first-order valence-electron chi connectivity index (χ1n) is 8.10. The van der Waals surface area contributed by atoms with E-state index < -0.39 is 4.92 Å². The molecule has 0 aromatic heterocycles. The molecule has 1 amide bonds. The van der Waals surface area contributed by atoms with Crippen molar-refractivity contribution in [2.24, 2.45) is 11.8 Å². The van der Waals surface area contributed by atoms with Crippen molar-refractivity contribution in [1.29, 1.82) is 0 Å². The Hall–Kier alpha value is -1.91. The van der Waals surface area contributed by atoms with E-state index in [4.69, 9.17) is 0 Å². The largest absolute Gasteiger partial charge is 0.338 e. The van der Waals surface area contributed by atoms with Crippen molar-refractivity contribution in [3.8, 4) is 0 Å². The number of likely N-dealkylation sites (tertiary alicyclic amines) is 1. The molecule has 1 aromatic rings. The number of rotatable bonds is 2. The summed E-state index contributed by atoms with van der Waals surface area (Å²) >= 11 is 0. The summed E-state index contributed by atoms with van der Waals surface area (Å²) in [7, 11) is 0. The first-order valence-corrected chi connectivity index (χ1v) is 8.10. The fraction of sp³-hybridized carbons (Fsp3) is 0.588. The van der Waals surface area contributed by atoms with E-state index in [-0.39, 0.29) is 11.6 Å². The highest BCUT2D eigenvalue weighted by atomic mass is 16.6. The normalized spacial score (nSPS) is 24.7. The second kappa shape index (κ2) is 6.07. The van der Waals surface area contributed by atoms with Crippen molar-refractivity contribution in [2.45, 2.75) is 39.0 Å². The monoisotopic (exact) mass is 302 g/mol. The molecule has 22 heavy (non-hydrogen) atoms. The second-order valence-corrected chi connectivity index (χ2v) is 6.60. The summed E-state index contributed by atoms with van der Waals surface area (Å²) in [6.07, 6.45) is 6.25. The van der Waals surface area contributed by atoms with Crippen LogP contribution in [0.1, 0.15) is 48.0 Å². The summed E-state index contributed by atoms with van der Waals surface area (Å²) < 4.78 is 0.